The molecule has 0 aliphatic carbocycles. The molecule has 1 atom stereocenters. The molecule has 0 fully saturated rings. The van der Waals surface area contributed by atoms with Gasteiger partial charge in [0.1, 0.15) is 0 Å². The second-order valence-corrected chi connectivity index (χ2v) is 4.52. The average Bonchev–Trinajstić information content (AvgIpc) is 2.28. The lowest BCUT2D eigenvalue weighted by Crippen LogP contribution is -2.78. The molecular formula is C9F18. The van der Waals surface area contributed by atoms with Crippen LogP contribution in [-0.4, -0.2) is 42.0 Å². The van der Waals surface area contributed by atoms with Crippen molar-refractivity contribution in [2.75, 3.05) is 0 Å². The first-order valence-electron chi connectivity index (χ1n) is 5.40. The maximum absolute atomic E-state index is 13.7. The highest BCUT2D eigenvalue weighted by Gasteiger charge is 2.97. The van der Waals surface area contributed by atoms with Crippen molar-refractivity contribution in [1.82, 2.24) is 0 Å². The summed E-state index contributed by atoms with van der Waals surface area (Å²) in [5, 5.41) is 0. The van der Waals surface area contributed by atoms with Crippen LogP contribution in [0.4, 0.5) is 79.0 Å². The van der Waals surface area contributed by atoms with Gasteiger partial charge in [-0.15, -0.1) is 0 Å². The van der Waals surface area contributed by atoms with Gasteiger partial charge in [-0.25, -0.2) is 8.78 Å². The molecule has 0 aromatic carbocycles. The summed E-state index contributed by atoms with van der Waals surface area (Å²) in [6, 6.07) is 0. The van der Waals surface area contributed by atoms with E-state index in [9.17, 15) is 79.0 Å². The van der Waals surface area contributed by atoms with Crippen molar-refractivity contribution in [3.63, 3.8) is 0 Å². The summed E-state index contributed by atoms with van der Waals surface area (Å²) < 4.78 is 225. The molecular weight excluding hydrogens is 450 g/mol. The predicted molar refractivity (Wildman–Crippen MR) is 46.1 cm³/mol. The van der Waals surface area contributed by atoms with Gasteiger partial charge in [-0.1, -0.05) is 0 Å². The highest BCUT2D eigenvalue weighted by Crippen LogP contribution is 2.66. The van der Waals surface area contributed by atoms with E-state index in [1.807, 2.05) is 0 Å². The largest absolute Gasteiger partial charge is 0.435 e. The Morgan fingerprint density at radius 2 is 0.667 bits per heavy atom. The highest BCUT2D eigenvalue weighted by molar-refractivity contribution is 5.32. The molecule has 1 unspecified atom stereocenters. The Hall–Kier alpha value is -1.52. The molecule has 18 heteroatoms. The van der Waals surface area contributed by atoms with Crippen molar-refractivity contribution in [3.05, 3.63) is 11.7 Å². The number of hydrogen-bond acceptors (Lipinski definition) is 0. The molecule has 0 spiro atoms. The average molecular weight is 450 g/mol. The van der Waals surface area contributed by atoms with Crippen LogP contribution in [0.3, 0.4) is 0 Å². The first-order chi connectivity index (χ1) is 11.3. The molecule has 0 aliphatic heterocycles. The fourth-order valence-corrected chi connectivity index (χ4v) is 1.72. The summed E-state index contributed by atoms with van der Waals surface area (Å²) in [7, 11) is 0. The Morgan fingerprint density at radius 1 is 0.407 bits per heavy atom. The zero-order valence-corrected chi connectivity index (χ0v) is 11.3. The van der Waals surface area contributed by atoms with E-state index in [0.29, 0.717) is 0 Å². The van der Waals surface area contributed by atoms with E-state index in [-0.39, 0.29) is 0 Å². The molecule has 0 N–H and O–H groups in total. The van der Waals surface area contributed by atoms with Gasteiger partial charge in [0, 0.05) is 0 Å². The minimum Gasteiger partial charge on any atom is -0.222 e. The molecule has 27 heavy (non-hydrogen) atoms. The molecule has 0 saturated heterocycles. The van der Waals surface area contributed by atoms with Gasteiger partial charge in [-0.05, 0) is 0 Å². The Balaban J connectivity index is 7.56. The fourth-order valence-electron chi connectivity index (χ4n) is 1.72. The Bertz CT molecular complexity index is 562. The maximum Gasteiger partial charge on any atom is 0.435 e. The van der Waals surface area contributed by atoms with Gasteiger partial charge in [-0.3, -0.25) is 0 Å². The van der Waals surface area contributed by atoms with Crippen LogP contribution >= 0.6 is 0 Å². The van der Waals surface area contributed by atoms with Crippen molar-refractivity contribution < 1.29 is 79.0 Å². The van der Waals surface area contributed by atoms with Crippen molar-refractivity contribution >= 4 is 0 Å². The second-order valence-electron chi connectivity index (χ2n) is 4.52. The van der Waals surface area contributed by atoms with E-state index >= 15 is 0 Å². The first-order valence-corrected chi connectivity index (χ1v) is 5.40. The van der Waals surface area contributed by atoms with Crippen LogP contribution < -0.4 is 0 Å². The molecule has 0 amide bonds. The lowest BCUT2D eigenvalue weighted by Gasteiger charge is -2.45. The Labute approximate surface area is 134 Å². The van der Waals surface area contributed by atoms with Crippen molar-refractivity contribution in [2.45, 2.75) is 42.0 Å². The summed E-state index contributed by atoms with van der Waals surface area (Å²) in [6.45, 7) is 0. The molecule has 0 aliphatic rings. The van der Waals surface area contributed by atoms with Crippen molar-refractivity contribution in [1.29, 1.82) is 0 Å². The molecule has 0 saturated carbocycles. The molecule has 0 aromatic rings. The second kappa shape index (κ2) is 6.25. The summed E-state index contributed by atoms with van der Waals surface area (Å²) in [4.78, 5) is 0. The quantitative estimate of drug-likeness (QED) is 0.435. The molecule has 0 aromatic heterocycles. The van der Waals surface area contributed by atoms with E-state index < -0.39 is 53.6 Å². The third-order valence-electron chi connectivity index (χ3n) is 2.87. The summed E-state index contributed by atoms with van der Waals surface area (Å²) in [6.07, 6.45) is -37.6. The van der Waals surface area contributed by atoms with Crippen molar-refractivity contribution in [2.24, 2.45) is 0 Å². The summed E-state index contributed by atoms with van der Waals surface area (Å²) in [5.74, 6) is -8.44. The number of hydrogen-bond donors (Lipinski definition) is 0. The smallest absolute Gasteiger partial charge is 0.222 e. The predicted octanol–water partition coefficient (Wildman–Crippen LogP) is 6.44. The number of rotatable bonds is 3. The SMILES string of the molecule is FC(F)=C(C(F)(F)F)C(F)(F)C(F)(C(F)(F)F)C(F)(C(F)(F)F)C(F)(F)F. The molecule has 162 valence electrons. The van der Waals surface area contributed by atoms with Crippen molar-refractivity contribution in [3.8, 4) is 0 Å². The van der Waals surface area contributed by atoms with Crippen LogP contribution in [0.25, 0.3) is 0 Å². The minimum atomic E-state index is -8.89. The van der Waals surface area contributed by atoms with Crippen LogP contribution in [0.5, 0.6) is 0 Å². The Kier molecular flexibility index (Phi) is 5.90. The Morgan fingerprint density at radius 3 is 0.815 bits per heavy atom. The van der Waals surface area contributed by atoms with Gasteiger partial charge < -0.3 is 0 Å². The van der Waals surface area contributed by atoms with Gasteiger partial charge >= 0.3 is 42.0 Å². The van der Waals surface area contributed by atoms with Crippen LogP contribution in [0.2, 0.25) is 0 Å². The van der Waals surface area contributed by atoms with E-state index in [1.165, 1.54) is 0 Å². The molecule has 0 heterocycles. The van der Waals surface area contributed by atoms with E-state index in [2.05, 4.69) is 0 Å². The summed E-state index contributed by atoms with van der Waals surface area (Å²) in [5.41, 5.74) is -23.1. The lowest BCUT2D eigenvalue weighted by molar-refractivity contribution is -0.443. The molecule has 0 bridgehead atoms. The number of halogens is 18. The van der Waals surface area contributed by atoms with Gasteiger partial charge in [0.05, 0.1) is 0 Å². The summed E-state index contributed by atoms with van der Waals surface area (Å²) >= 11 is 0. The van der Waals surface area contributed by atoms with Gasteiger partial charge in [0.15, 0.2) is 5.57 Å². The zero-order chi connectivity index (χ0) is 22.7. The molecule has 0 rings (SSSR count). The van der Waals surface area contributed by atoms with Crippen LogP contribution in [-0.2, 0) is 0 Å². The standard InChI is InChI=1S/C9F18/c10-2(11)1(4(14,15)16)3(12,13)5(17,7(19,20)21)6(18,8(22,23)24)9(25,26)27. The number of alkyl halides is 16. The third kappa shape index (κ3) is 3.50. The first kappa shape index (κ1) is 25.5. The van der Waals surface area contributed by atoms with Gasteiger partial charge in [-0.2, -0.15) is 70.2 Å². The molecule has 0 radical (unpaired) electrons. The fraction of sp³-hybridized carbons (Fsp3) is 0.778. The highest BCUT2D eigenvalue weighted by atomic mass is 19.4. The number of allylic oxidation sites excluding steroid dienone is 1. The van der Waals surface area contributed by atoms with E-state index in [4.69, 9.17) is 0 Å². The van der Waals surface area contributed by atoms with Gasteiger partial charge in [0.2, 0.25) is 0 Å². The maximum atomic E-state index is 13.7. The minimum absolute atomic E-state index is 5.04. The van der Waals surface area contributed by atoms with Crippen LogP contribution in [0.1, 0.15) is 0 Å². The topological polar surface area (TPSA) is 0 Å². The normalized spacial score (nSPS) is 17.6. The van der Waals surface area contributed by atoms with Crippen LogP contribution in [0.15, 0.2) is 11.7 Å². The van der Waals surface area contributed by atoms with Gasteiger partial charge in [0.25, 0.3) is 6.08 Å². The van der Waals surface area contributed by atoms with E-state index in [1.54, 1.807) is 0 Å². The lowest BCUT2D eigenvalue weighted by atomic mass is 9.76. The molecule has 0 nitrogen and oxygen atoms in total. The zero-order valence-electron chi connectivity index (χ0n) is 11.3. The van der Waals surface area contributed by atoms with Crippen LogP contribution in [0, 0.1) is 0 Å². The van der Waals surface area contributed by atoms with E-state index in [0.717, 1.165) is 0 Å². The third-order valence-corrected chi connectivity index (χ3v) is 2.87. The monoisotopic (exact) mass is 450 g/mol.